The highest BCUT2D eigenvalue weighted by molar-refractivity contribution is 5.79. The Balaban J connectivity index is 1.72. The first-order chi connectivity index (χ1) is 12.5. The number of carbonyl (C=O) groups is 2. The van der Waals surface area contributed by atoms with Gasteiger partial charge in [-0.3, -0.25) is 9.59 Å². The number of rotatable bonds is 8. The number of phenolic OH excluding ortho intramolecular Hbond substituents is 1. The van der Waals surface area contributed by atoms with E-state index in [0.29, 0.717) is 24.7 Å². The van der Waals surface area contributed by atoms with Gasteiger partial charge in [0.25, 0.3) is 0 Å². The van der Waals surface area contributed by atoms with E-state index in [9.17, 15) is 14.7 Å². The van der Waals surface area contributed by atoms with E-state index in [2.05, 4.69) is 5.32 Å². The Hall–Kier alpha value is -2.24. The van der Waals surface area contributed by atoms with Crippen molar-refractivity contribution < 1.29 is 24.2 Å². The highest BCUT2D eigenvalue weighted by Gasteiger charge is 2.23. The van der Waals surface area contributed by atoms with Crippen molar-refractivity contribution in [2.24, 2.45) is 5.92 Å². The van der Waals surface area contributed by atoms with Crippen LogP contribution in [0.15, 0.2) is 18.2 Å². The number of esters is 1. The lowest BCUT2D eigenvalue weighted by Gasteiger charge is -2.29. The number of methoxy groups -OCH3 is 1. The molecule has 144 valence electrons. The lowest BCUT2D eigenvalue weighted by atomic mass is 9.83. The molecule has 1 aliphatic carbocycles. The standard InChI is InChI=1S/C20H29NO5/c1-3-26-20(24)11-7-14-4-8-16(9-5-14)21-19(23)13-15-6-10-17(22)18(12-15)25-2/h6,10,12,14,16,22H,3-5,7-9,11,13H2,1-2H3,(H,21,23)/t14-,16-. The van der Waals surface area contributed by atoms with Crippen molar-refractivity contribution in [3.63, 3.8) is 0 Å². The fraction of sp³-hybridized carbons (Fsp3) is 0.600. The zero-order valence-corrected chi connectivity index (χ0v) is 15.6. The van der Waals surface area contributed by atoms with E-state index in [0.717, 1.165) is 37.7 Å². The maximum atomic E-state index is 12.3. The fourth-order valence-electron chi connectivity index (χ4n) is 3.45. The molecule has 2 N–H and O–H groups in total. The minimum Gasteiger partial charge on any atom is -0.504 e. The van der Waals surface area contributed by atoms with Gasteiger partial charge in [-0.1, -0.05) is 6.07 Å². The van der Waals surface area contributed by atoms with Crippen molar-refractivity contribution in [1.82, 2.24) is 5.32 Å². The van der Waals surface area contributed by atoms with Crippen LogP contribution in [0.4, 0.5) is 0 Å². The Morgan fingerprint density at radius 1 is 1.23 bits per heavy atom. The van der Waals surface area contributed by atoms with Crippen LogP contribution in [0.1, 0.15) is 51.0 Å². The number of nitrogens with one attached hydrogen (secondary N) is 1. The normalized spacial score (nSPS) is 19.6. The second kappa shape index (κ2) is 10.0. The third-order valence-electron chi connectivity index (χ3n) is 4.88. The Labute approximate surface area is 154 Å². The highest BCUT2D eigenvalue weighted by atomic mass is 16.5. The van der Waals surface area contributed by atoms with E-state index in [1.165, 1.54) is 13.2 Å². The van der Waals surface area contributed by atoms with E-state index in [-0.39, 0.29) is 30.1 Å². The quantitative estimate of drug-likeness (QED) is 0.694. The molecule has 1 aromatic rings. The van der Waals surface area contributed by atoms with Crippen molar-refractivity contribution in [2.75, 3.05) is 13.7 Å². The predicted octanol–water partition coefficient (Wildman–Crippen LogP) is 2.96. The molecule has 0 spiro atoms. The van der Waals surface area contributed by atoms with E-state index in [1.54, 1.807) is 12.1 Å². The van der Waals surface area contributed by atoms with Crippen LogP contribution in [-0.4, -0.2) is 36.7 Å². The Morgan fingerprint density at radius 2 is 1.96 bits per heavy atom. The summed E-state index contributed by atoms with van der Waals surface area (Å²) in [4.78, 5) is 23.7. The average Bonchev–Trinajstić information content (AvgIpc) is 2.63. The summed E-state index contributed by atoms with van der Waals surface area (Å²) in [5, 5.41) is 12.7. The number of ether oxygens (including phenoxy) is 2. The summed E-state index contributed by atoms with van der Waals surface area (Å²) in [7, 11) is 1.49. The van der Waals surface area contributed by atoms with Gasteiger partial charge in [-0.15, -0.1) is 0 Å². The van der Waals surface area contributed by atoms with Gasteiger partial charge in [-0.05, 0) is 62.6 Å². The van der Waals surface area contributed by atoms with Gasteiger partial charge in [0.15, 0.2) is 11.5 Å². The van der Waals surface area contributed by atoms with Crippen LogP contribution >= 0.6 is 0 Å². The molecule has 0 aromatic heterocycles. The number of hydrogen-bond acceptors (Lipinski definition) is 5. The van der Waals surface area contributed by atoms with Crippen LogP contribution in [0, 0.1) is 5.92 Å². The summed E-state index contributed by atoms with van der Waals surface area (Å²) in [6.07, 6.45) is 5.55. The summed E-state index contributed by atoms with van der Waals surface area (Å²) in [6, 6.07) is 5.14. The first-order valence-electron chi connectivity index (χ1n) is 9.32. The third kappa shape index (κ3) is 6.24. The number of aromatic hydroxyl groups is 1. The molecule has 1 saturated carbocycles. The molecule has 0 heterocycles. The van der Waals surface area contributed by atoms with Crippen LogP contribution in [0.3, 0.4) is 0 Å². The molecule has 0 atom stereocenters. The number of carbonyl (C=O) groups excluding carboxylic acids is 2. The number of amides is 1. The van der Waals surface area contributed by atoms with Crippen LogP contribution in [0.2, 0.25) is 0 Å². The van der Waals surface area contributed by atoms with E-state index >= 15 is 0 Å². The van der Waals surface area contributed by atoms with Gasteiger partial charge in [0, 0.05) is 12.5 Å². The summed E-state index contributed by atoms with van der Waals surface area (Å²) in [5.41, 5.74) is 0.806. The smallest absolute Gasteiger partial charge is 0.305 e. The minimum absolute atomic E-state index is 0.0206. The zero-order chi connectivity index (χ0) is 18.9. The molecule has 0 radical (unpaired) electrons. The molecule has 6 heteroatoms. The first-order valence-corrected chi connectivity index (χ1v) is 9.32. The summed E-state index contributed by atoms with van der Waals surface area (Å²) in [5.74, 6) is 0.837. The van der Waals surface area contributed by atoms with Crippen molar-refractivity contribution >= 4 is 11.9 Å². The van der Waals surface area contributed by atoms with Crippen LogP contribution in [0.25, 0.3) is 0 Å². The van der Waals surface area contributed by atoms with Gasteiger partial charge < -0.3 is 19.9 Å². The van der Waals surface area contributed by atoms with Crippen molar-refractivity contribution in [2.45, 2.75) is 57.9 Å². The lowest BCUT2D eigenvalue weighted by molar-refractivity contribution is -0.143. The summed E-state index contributed by atoms with van der Waals surface area (Å²) < 4.78 is 10.0. The molecular weight excluding hydrogens is 334 g/mol. The molecule has 2 rings (SSSR count). The third-order valence-corrected chi connectivity index (χ3v) is 4.88. The Kier molecular flexibility index (Phi) is 7.75. The van der Waals surface area contributed by atoms with Crippen molar-refractivity contribution in [3.8, 4) is 11.5 Å². The van der Waals surface area contributed by atoms with Gasteiger partial charge in [-0.25, -0.2) is 0 Å². The Bertz CT molecular complexity index is 608. The van der Waals surface area contributed by atoms with Gasteiger partial charge in [-0.2, -0.15) is 0 Å². The van der Waals surface area contributed by atoms with Gasteiger partial charge in [0.05, 0.1) is 20.1 Å². The van der Waals surface area contributed by atoms with E-state index in [1.807, 2.05) is 6.92 Å². The number of benzene rings is 1. The average molecular weight is 363 g/mol. The molecule has 6 nitrogen and oxygen atoms in total. The highest BCUT2D eigenvalue weighted by Crippen LogP contribution is 2.29. The van der Waals surface area contributed by atoms with Crippen LogP contribution < -0.4 is 10.1 Å². The first kappa shape index (κ1) is 20.1. The molecule has 0 aliphatic heterocycles. The topological polar surface area (TPSA) is 84.9 Å². The molecule has 1 aromatic carbocycles. The molecule has 0 saturated heterocycles. The van der Waals surface area contributed by atoms with Gasteiger partial charge >= 0.3 is 5.97 Å². The Morgan fingerprint density at radius 3 is 2.62 bits per heavy atom. The molecule has 1 fully saturated rings. The lowest BCUT2D eigenvalue weighted by Crippen LogP contribution is -2.38. The second-order valence-electron chi connectivity index (χ2n) is 6.81. The molecule has 0 unspecified atom stereocenters. The molecule has 1 aliphatic rings. The molecular formula is C20H29NO5. The zero-order valence-electron chi connectivity index (χ0n) is 15.6. The number of phenols is 1. The summed E-state index contributed by atoms with van der Waals surface area (Å²) in [6.45, 7) is 2.25. The summed E-state index contributed by atoms with van der Waals surface area (Å²) >= 11 is 0. The SMILES string of the molecule is CCOC(=O)CC[C@H]1CC[C@H](NC(=O)Cc2ccc(O)c(OC)c2)CC1. The predicted molar refractivity (Wildman–Crippen MR) is 98.1 cm³/mol. The van der Waals surface area contributed by atoms with Crippen molar-refractivity contribution in [1.29, 1.82) is 0 Å². The fourth-order valence-corrected chi connectivity index (χ4v) is 3.45. The molecule has 1 amide bonds. The number of hydrogen-bond donors (Lipinski definition) is 2. The van der Waals surface area contributed by atoms with Gasteiger partial charge in [0.1, 0.15) is 0 Å². The van der Waals surface area contributed by atoms with Crippen LogP contribution in [-0.2, 0) is 20.7 Å². The van der Waals surface area contributed by atoms with Crippen LogP contribution in [0.5, 0.6) is 11.5 Å². The molecule has 0 bridgehead atoms. The second-order valence-corrected chi connectivity index (χ2v) is 6.81. The minimum atomic E-state index is -0.118. The maximum absolute atomic E-state index is 12.3. The van der Waals surface area contributed by atoms with E-state index < -0.39 is 0 Å². The van der Waals surface area contributed by atoms with Gasteiger partial charge in [0.2, 0.25) is 5.91 Å². The maximum Gasteiger partial charge on any atom is 0.305 e. The monoisotopic (exact) mass is 363 g/mol. The van der Waals surface area contributed by atoms with E-state index in [4.69, 9.17) is 9.47 Å². The molecule has 26 heavy (non-hydrogen) atoms. The largest absolute Gasteiger partial charge is 0.504 e. The van der Waals surface area contributed by atoms with Crippen molar-refractivity contribution in [3.05, 3.63) is 23.8 Å².